The second kappa shape index (κ2) is 9.48. The molecule has 186 valence electrons. The lowest BCUT2D eigenvalue weighted by Crippen LogP contribution is -2.54. The Morgan fingerprint density at radius 1 is 0.789 bits per heavy atom. The summed E-state index contributed by atoms with van der Waals surface area (Å²) in [5.41, 5.74) is 4.28. The number of nitrogens with one attached hydrogen (secondary N) is 1. The number of carbonyl (C=O) groups excluding carboxylic acids is 3. The Bertz CT molecular complexity index is 1760. The third-order valence-electron chi connectivity index (χ3n) is 6.99. The predicted octanol–water partition coefficient (Wildman–Crippen LogP) is 6.07. The van der Waals surface area contributed by atoms with Crippen LogP contribution in [0.4, 0.5) is 10.5 Å². The number of imide groups is 2. The van der Waals surface area contributed by atoms with Crippen molar-refractivity contribution in [3.05, 3.63) is 119 Å². The van der Waals surface area contributed by atoms with Crippen LogP contribution in [0.15, 0.2) is 103 Å². The molecule has 6 nitrogen and oxygen atoms in total. The number of benzene rings is 4. The van der Waals surface area contributed by atoms with Crippen molar-refractivity contribution in [1.82, 2.24) is 9.88 Å². The predicted molar refractivity (Wildman–Crippen MR) is 150 cm³/mol. The normalized spacial score (nSPS) is 15.0. The molecule has 0 saturated carbocycles. The van der Waals surface area contributed by atoms with Gasteiger partial charge in [-0.3, -0.25) is 14.9 Å². The molecule has 0 unspecified atom stereocenters. The molecule has 2 heterocycles. The molecule has 38 heavy (non-hydrogen) atoms. The smallest absolute Gasteiger partial charge is 0.335 e. The van der Waals surface area contributed by atoms with Crippen LogP contribution in [-0.4, -0.2) is 22.4 Å². The number of amides is 4. The lowest BCUT2D eigenvalue weighted by Gasteiger charge is -2.26. The first-order valence-corrected chi connectivity index (χ1v) is 12.6. The second-order valence-corrected chi connectivity index (χ2v) is 9.39. The number of carbonyl (C=O) groups is 3. The monoisotopic (exact) mass is 499 g/mol. The maximum atomic E-state index is 13.4. The zero-order valence-corrected chi connectivity index (χ0v) is 20.8. The van der Waals surface area contributed by atoms with Gasteiger partial charge in [-0.2, -0.15) is 0 Å². The van der Waals surface area contributed by atoms with E-state index in [-0.39, 0.29) is 5.57 Å². The molecule has 0 aliphatic carbocycles. The molecule has 0 radical (unpaired) electrons. The van der Waals surface area contributed by atoms with Crippen molar-refractivity contribution in [3.8, 4) is 0 Å². The summed E-state index contributed by atoms with van der Waals surface area (Å²) in [7, 11) is 0. The summed E-state index contributed by atoms with van der Waals surface area (Å²) in [6.07, 6.45) is 4.37. The zero-order valence-electron chi connectivity index (χ0n) is 20.8. The van der Waals surface area contributed by atoms with Gasteiger partial charge >= 0.3 is 6.03 Å². The number of anilines is 1. The molecule has 4 amide bonds. The minimum Gasteiger partial charge on any atom is -0.342 e. The topological polar surface area (TPSA) is 71.4 Å². The van der Waals surface area contributed by atoms with E-state index < -0.39 is 17.8 Å². The van der Waals surface area contributed by atoms with Gasteiger partial charge in [0.1, 0.15) is 5.57 Å². The van der Waals surface area contributed by atoms with Gasteiger partial charge in [-0.05, 0) is 58.7 Å². The molecule has 4 aromatic carbocycles. The number of hydrogen-bond donors (Lipinski definition) is 1. The maximum absolute atomic E-state index is 13.4. The van der Waals surface area contributed by atoms with Crippen LogP contribution in [-0.2, 0) is 22.6 Å². The van der Waals surface area contributed by atoms with Gasteiger partial charge in [0.25, 0.3) is 11.8 Å². The van der Waals surface area contributed by atoms with Crippen molar-refractivity contribution in [2.45, 2.75) is 19.9 Å². The molecule has 1 aliphatic heterocycles. The number of fused-ring (bicyclic) bond motifs is 2. The average Bonchev–Trinajstić information content (AvgIpc) is 3.28. The number of urea groups is 1. The highest BCUT2D eigenvalue weighted by molar-refractivity contribution is 6.39. The highest BCUT2D eigenvalue weighted by atomic mass is 16.2. The van der Waals surface area contributed by atoms with Crippen LogP contribution in [0.2, 0.25) is 0 Å². The van der Waals surface area contributed by atoms with E-state index in [0.29, 0.717) is 12.2 Å². The fourth-order valence-corrected chi connectivity index (χ4v) is 4.98. The summed E-state index contributed by atoms with van der Waals surface area (Å²) in [6.45, 7) is 2.66. The first kappa shape index (κ1) is 23.4. The molecule has 1 saturated heterocycles. The van der Waals surface area contributed by atoms with E-state index in [0.717, 1.165) is 38.9 Å². The van der Waals surface area contributed by atoms with Gasteiger partial charge in [0.05, 0.1) is 5.69 Å². The van der Waals surface area contributed by atoms with E-state index in [2.05, 4.69) is 40.2 Å². The van der Waals surface area contributed by atoms with Crippen molar-refractivity contribution in [2.24, 2.45) is 0 Å². The van der Waals surface area contributed by atoms with Crippen molar-refractivity contribution in [1.29, 1.82) is 0 Å². The lowest BCUT2D eigenvalue weighted by molar-refractivity contribution is -0.122. The highest BCUT2D eigenvalue weighted by Gasteiger charge is 2.37. The molecule has 1 fully saturated rings. The van der Waals surface area contributed by atoms with Gasteiger partial charge in [0.2, 0.25) is 0 Å². The third kappa shape index (κ3) is 4.16. The minimum atomic E-state index is -0.750. The van der Waals surface area contributed by atoms with Crippen molar-refractivity contribution < 1.29 is 14.4 Å². The quantitative estimate of drug-likeness (QED) is 0.236. The highest BCUT2D eigenvalue weighted by Crippen LogP contribution is 2.28. The van der Waals surface area contributed by atoms with Crippen LogP contribution in [0.25, 0.3) is 27.8 Å². The van der Waals surface area contributed by atoms with Crippen LogP contribution < -0.4 is 10.2 Å². The average molecular weight is 500 g/mol. The van der Waals surface area contributed by atoms with Gasteiger partial charge in [0.15, 0.2) is 0 Å². The summed E-state index contributed by atoms with van der Waals surface area (Å²) in [6, 6.07) is 29.0. The summed E-state index contributed by atoms with van der Waals surface area (Å²) >= 11 is 0. The summed E-state index contributed by atoms with van der Waals surface area (Å²) < 4.78 is 2.11. The SMILES string of the molecule is CCc1ccc(N2C(=O)NC(=O)/C(=C/c3cn(Cc4ccc5ccccc5c4)c4ccccc34)C2=O)cc1. The number of rotatable bonds is 5. The van der Waals surface area contributed by atoms with Crippen LogP contribution in [0.5, 0.6) is 0 Å². The number of aromatic nitrogens is 1. The molecule has 1 N–H and O–H groups in total. The van der Waals surface area contributed by atoms with Crippen molar-refractivity contribution in [2.75, 3.05) is 4.90 Å². The number of aryl methyl sites for hydroxylation is 1. The Hall–Kier alpha value is -4.97. The second-order valence-electron chi connectivity index (χ2n) is 9.39. The Balaban J connectivity index is 1.38. The van der Waals surface area contributed by atoms with E-state index in [9.17, 15) is 14.4 Å². The molecule has 1 aliphatic rings. The van der Waals surface area contributed by atoms with Gasteiger partial charge in [-0.15, -0.1) is 0 Å². The summed E-state index contributed by atoms with van der Waals surface area (Å²) in [5, 5.41) is 5.59. The maximum Gasteiger partial charge on any atom is 0.335 e. The Labute approximate surface area is 219 Å². The largest absolute Gasteiger partial charge is 0.342 e. The van der Waals surface area contributed by atoms with Gasteiger partial charge in [0, 0.05) is 29.2 Å². The van der Waals surface area contributed by atoms with E-state index in [4.69, 9.17) is 0 Å². The number of nitrogens with zero attached hydrogens (tertiary/aromatic N) is 2. The molecule has 6 heteroatoms. The molecule has 5 aromatic rings. The van der Waals surface area contributed by atoms with Gasteiger partial charge < -0.3 is 4.57 Å². The van der Waals surface area contributed by atoms with E-state index in [1.807, 2.05) is 61.7 Å². The minimum absolute atomic E-state index is 0.0854. The standard InChI is InChI=1S/C32H25N3O3/c1-2-21-12-15-26(16-13-21)35-31(37)28(30(36)33-32(35)38)18-25-20-34(29-10-6-5-9-27(25)29)19-22-11-14-23-7-3-4-8-24(23)17-22/h3-18,20H,2,19H2,1H3,(H,33,36,38)/b28-18-. The Morgan fingerprint density at radius 3 is 2.29 bits per heavy atom. The molecular weight excluding hydrogens is 474 g/mol. The Kier molecular flexibility index (Phi) is 5.85. The molecule has 6 rings (SSSR count). The molecule has 1 aromatic heterocycles. The van der Waals surface area contributed by atoms with E-state index in [1.54, 1.807) is 18.2 Å². The first-order valence-electron chi connectivity index (χ1n) is 12.6. The fourth-order valence-electron chi connectivity index (χ4n) is 4.98. The molecule has 0 bridgehead atoms. The molecule has 0 spiro atoms. The van der Waals surface area contributed by atoms with Crippen LogP contribution >= 0.6 is 0 Å². The number of barbiturate groups is 1. The van der Waals surface area contributed by atoms with Crippen LogP contribution in [0.1, 0.15) is 23.6 Å². The Morgan fingerprint density at radius 2 is 1.50 bits per heavy atom. The third-order valence-corrected chi connectivity index (χ3v) is 6.99. The molecule has 0 atom stereocenters. The lowest BCUT2D eigenvalue weighted by atomic mass is 10.1. The van der Waals surface area contributed by atoms with Crippen LogP contribution in [0, 0.1) is 0 Å². The van der Waals surface area contributed by atoms with Crippen molar-refractivity contribution in [3.63, 3.8) is 0 Å². The number of para-hydroxylation sites is 1. The summed E-state index contributed by atoms with van der Waals surface area (Å²) in [5.74, 6) is -1.35. The van der Waals surface area contributed by atoms with E-state index >= 15 is 0 Å². The van der Waals surface area contributed by atoms with Crippen LogP contribution in [0.3, 0.4) is 0 Å². The van der Waals surface area contributed by atoms with Gasteiger partial charge in [-0.25, -0.2) is 9.69 Å². The number of hydrogen-bond acceptors (Lipinski definition) is 3. The zero-order chi connectivity index (χ0) is 26.2. The first-order chi connectivity index (χ1) is 18.5. The van der Waals surface area contributed by atoms with Crippen molar-refractivity contribution >= 4 is 51.3 Å². The van der Waals surface area contributed by atoms with E-state index in [1.165, 1.54) is 10.8 Å². The van der Waals surface area contributed by atoms with Gasteiger partial charge in [-0.1, -0.05) is 73.7 Å². The fraction of sp³-hybridized carbons (Fsp3) is 0.0938. The summed E-state index contributed by atoms with van der Waals surface area (Å²) in [4.78, 5) is 39.9. The molecular formula is C32H25N3O3.